The lowest BCUT2D eigenvalue weighted by Crippen LogP contribution is -2.19. The Kier molecular flexibility index (Phi) is 5.63. The second-order valence-corrected chi connectivity index (χ2v) is 8.69. The van der Waals surface area contributed by atoms with Crippen LogP contribution in [0, 0.1) is 0 Å². The van der Waals surface area contributed by atoms with E-state index in [1.54, 1.807) is 54.6 Å². The first-order chi connectivity index (χ1) is 15.4. The van der Waals surface area contributed by atoms with Crippen molar-refractivity contribution in [2.24, 2.45) is 0 Å². The minimum Gasteiger partial charge on any atom is -0.497 e. The molecular formula is C24H21NO6S. The summed E-state index contributed by atoms with van der Waals surface area (Å²) < 4.78 is 44.5. The number of nitrogens with zero attached hydrogens (tertiary/aromatic N) is 1. The van der Waals surface area contributed by atoms with E-state index in [-0.39, 0.29) is 16.1 Å². The van der Waals surface area contributed by atoms with Crippen molar-refractivity contribution in [2.75, 3.05) is 21.3 Å². The largest absolute Gasteiger partial charge is 0.497 e. The van der Waals surface area contributed by atoms with Gasteiger partial charge in [-0.25, -0.2) is 12.4 Å². The van der Waals surface area contributed by atoms with Gasteiger partial charge < -0.3 is 14.2 Å². The molecule has 0 spiro atoms. The van der Waals surface area contributed by atoms with Crippen LogP contribution in [0.2, 0.25) is 0 Å². The minimum absolute atomic E-state index is 0.0307. The van der Waals surface area contributed by atoms with E-state index in [1.807, 2.05) is 0 Å². The van der Waals surface area contributed by atoms with Gasteiger partial charge in [0.15, 0.2) is 0 Å². The Morgan fingerprint density at radius 3 is 2.00 bits per heavy atom. The number of hydrogen-bond acceptors (Lipinski definition) is 6. The highest BCUT2D eigenvalue weighted by Gasteiger charge is 2.30. The van der Waals surface area contributed by atoms with Crippen LogP contribution in [0.1, 0.15) is 16.1 Å². The van der Waals surface area contributed by atoms with Gasteiger partial charge in [0.2, 0.25) is 5.78 Å². The first-order valence-corrected chi connectivity index (χ1v) is 11.1. The molecule has 0 aliphatic rings. The third-order valence-corrected chi connectivity index (χ3v) is 6.88. The Morgan fingerprint density at radius 2 is 1.41 bits per heavy atom. The molecular weight excluding hydrogens is 430 g/mol. The maximum Gasteiger partial charge on any atom is 0.268 e. The quantitative estimate of drug-likeness (QED) is 0.393. The summed E-state index contributed by atoms with van der Waals surface area (Å²) in [6.45, 7) is 0. The number of fused-ring (bicyclic) bond motifs is 1. The summed E-state index contributed by atoms with van der Waals surface area (Å²) in [4.78, 5) is 13.6. The summed E-state index contributed by atoms with van der Waals surface area (Å²) in [5.41, 5.74) is 0.514. The lowest BCUT2D eigenvalue weighted by Gasteiger charge is -2.14. The molecule has 0 bridgehead atoms. The number of carbonyl (C=O) groups is 1. The monoisotopic (exact) mass is 451 g/mol. The van der Waals surface area contributed by atoms with Crippen LogP contribution in [0.4, 0.5) is 0 Å². The van der Waals surface area contributed by atoms with E-state index in [2.05, 4.69) is 0 Å². The van der Waals surface area contributed by atoms with E-state index in [0.29, 0.717) is 28.2 Å². The van der Waals surface area contributed by atoms with Gasteiger partial charge in [-0.15, -0.1) is 0 Å². The Balaban J connectivity index is 2.06. The number of carbonyl (C=O) groups excluding carboxylic acids is 1. The number of aromatic nitrogens is 1. The van der Waals surface area contributed by atoms with Gasteiger partial charge in [-0.05, 0) is 54.6 Å². The lowest BCUT2D eigenvalue weighted by molar-refractivity contribution is 0.103. The molecule has 3 aromatic carbocycles. The van der Waals surface area contributed by atoms with Crippen molar-refractivity contribution < 1.29 is 27.4 Å². The van der Waals surface area contributed by atoms with E-state index in [0.717, 1.165) is 3.97 Å². The zero-order chi connectivity index (χ0) is 22.9. The van der Waals surface area contributed by atoms with Gasteiger partial charge in [0.25, 0.3) is 10.0 Å². The molecule has 0 unspecified atom stereocenters. The molecule has 7 nitrogen and oxygen atoms in total. The number of hydrogen-bond donors (Lipinski definition) is 0. The molecule has 0 saturated heterocycles. The van der Waals surface area contributed by atoms with E-state index in [1.165, 1.54) is 39.5 Å². The fourth-order valence-corrected chi connectivity index (χ4v) is 5.11. The van der Waals surface area contributed by atoms with Crippen molar-refractivity contribution in [1.82, 2.24) is 3.97 Å². The van der Waals surface area contributed by atoms with Crippen molar-refractivity contribution in [3.63, 3.8) is 0 Å². The summed E-state index contributed by atoms with van der Waals surface area (Å²) in [6, 6.07) is 19.2. The fourth-order valence-electron chi connectivity index (χ4n) is 3.57. The minimum atomic E-state index is -4.14. The average Bonchev–Trinajstić information content (AvgIpc) is 3.25. The predicted octanol–water partition coefficient (Wildman–Crippen LogP) is 4.14. The average molecular weight is 452 g/mol. The second kappa shape index (κ2) is 8.39. The molecule has 1 aromatic heterocycles. The third kappa shape index (κ3) is 3.48. The normalized spacial score (nSPS) is 11.3. The van der Waals surface area contributed by atoms with Gasteiger partial charge >= 0.3 is 0 Å². The van der Waals surface area contributed by atoms with Crippen molar-refractivity contribution in [2.45, 2.75) is 4.90 Å². The van der Waals surface area contributed by atoms with Gasteiger partial charge in [-0.2, -0.15) is 0 Å². The highest BCUT2D eigenvalue weighted by molar-refractivity contribution is 7.90. The summed E-state index contributed by atoms with van der Waals surface area (Å²) in [6.07, 6.45) is 0. The van der Waals surface area contributed by atoms with Gasteiger partial charge in [0, 0.05) is 10.9 Å². The van der Waals surface area contributed by atoms with Crippen LogP contribution in [-0.2, 0) is 10.0 Å². The molecule has 1 heterocycles. The molecule has 0 aliphatic carbocycles. The third-order valence-electron chi connectivity index (χ3n) is 5.15. The van der Waals surface area contributed by atoms with E-state index in [9.17, 15) is 13.2 Å². The standard InChI is InChI=1S/C24H21NO6S/c1-29-17-11-9-16(10-12-17)24(26)20-15-19-21(30-2)13-14-22(31-3)23(19)25(20)32(27,28)18-7-5-4-6-8-18/h4-15H,1-3H3. The summed E-state index contributed by atoms with van der Waals surface area (Å²) in [7, 11) is 0.311. The van der Waals surface area contributed by atoms with Crippen LogP contribution in [0.15, 0.2) is 77.7 Å². The molecule has 4 rings (SSSR count). The summed E-state index contributed by atoms with van der Waals surface area (Å²) >= 11 is 0. The number of ether oxygens (including phenoxy) is 3. The fraction of sp³-hybridized carbons (Fsp3) is 0.125. The van der Waals surface area contributed by atoms with E-state index >= 15 is 0 Å². The van der Waals surface area contributed by atoms with Crippen molar-refractivity contribution in [3.05, 3.63) is 84.1 Å². The molecule has 164 valence electrons. The van der Waals surface area contributed by atoms with Crippen LogP contribution in [0.25, 0.3) is 10.9 Å². The number of methoxy groups -OCH3 is 3. The highest BCUT2D eigenvalue weighted by atomic mass is 32.2. The van der Waals surface area contributed by atoms with Crippen LogP contribution in [0.3, 0.4) is 0 Å². The molecule has 32 heavy (non-hydrogen) atoms. The molecule has 0 radical (unpaired) electrons. The molecule has 0 atom stereocenters. The van der Waals surface area contributed by atoms with Gasteiger partial charge in [-0.1, -0.05) is 18.2 Å². The van der Waals surface area contributed by atoms with Crippen LogP contribution in [-0.4, -0.2) is 39.5 Å². The molecule has 8 heteroatoms. The smallest absolute Gasteiger partial charge is 0.268 e. The van der Waals surface area contributed by atoms with Crippen LogP contribution < -0.4 is 14.2 Å². The molecule has 0 aliphatic heterocycles. The SMILES string of the molecule is COc1ccc(C(=O)c2cc3c(OC)ccc(OC)c3n2S(=O)(=O)c2ccccc2)cc1. The zero-order valence-electron chi connectivity index (χ0n) is 17.7. The van der Waals surface area contributed by atoms with Gasteiger partial charge in [0.1, 0.15) is 28.5 Å². The first kappa shape index (κ1) is 21.5. The lowest BCUT2D eigenvalue weighted by atomic mass is 10.1. The molecule has 4 aromatic rings. The zero-order valence-corrected chi connectivity index (χ0v) is 18.5. The van der Waals surface area contributed by atoms with E-state index in [4.69, 9.17) is 14.2 Å². The Bertz CT molecular complexity index is 1390. The van der Waals surface area contributed by atoms with E-state index < -0.39 is 15.8 Å². The number of benzene rings is 3. The summed E-state index contributed by atoms with van der Waals surface area (Å²) in [5.74, 6) is 0.843. The topological polar surface area (TPSA) is 83.8 Å². The highest BCUT2D eigenvalue weighted by Crippen LogP contribution is 2.38. The molecule has 0 N–H and O–H groups in total. The van der Waals surface area contributed by atoms with Crippen LogP contribution >= 0.6 is 0 Å². The Hall–Kier alpha value is -3.78. The maximum atomic E-state index is 13.7. The van der Waals surface area contributed by atoms with Gasteiger partial charge in [0.05, 0.1) is 26.2 Å². The number of rotatable bonds is 7. The molecule has 0 saturated carbocycles. The predicted molar refractivity (Wildman–Crippen MR) is 120 cm³/mol. The van der Waals surface area contributed by atoms with Crippen molar-refractivity contribution >= 4 is 26.7 Å². The van der Waals surface area contributed by atoms with Crippen molar-refractivity contribution in [3.8, 4) is 17.2 Å². The summed E-state index contributed by atoms with van der Waals surface area (Å²) in [5, 5.41) is 0.447. The van der Waals surface area contributed by atoms with Crippen LogP contribution in [0.5, 0.6) is 17.2 Å². The Morgan fingerprint density at radius 1 is 0.781 bits per heavy atom. The maximum absolute atomic E-state index is 13.7. The van der Waals surface area contributed by atoms with Crippen molar-refractivity contribution in [1.29, 1.82) is 0 Å². The molecule has 0 fully saturated rings. The second-order valence-electron chi connectivity index (χ2n) is 6.90. The van der Waals surface area contributed by atoms with Gasteiger partial charge in [-0.3, -0.25) is 4.79 Å². The number of ketones is 1. The molecule has 0 amide bonds. The first-order valence-electron chi connectivity index (χ1n) is 9.68. The Labute approximate surface area is 185 Å².